The molecule has 33 heavy (non-hydrogen) atoms. The molecule has 8 heteroatoms. The Morgan fingerprint density at radius 1 is 1.12 bits per heavy atom. The fraction of sp³-hybridized carbons (Fsp3) is 0.280. The lowest BCUT2D eigenvalue weighted by atomic mass is 9.93. The van der Waals surface area contributed by atoms with Crippen LogP contribution in [0, 0.1) is 6.92 Å². The number of nitrogens with zero attached hydrogens (tertiary/aromatic N) is 4. The van der Waals surface area contributed by atoms with Crippen molar-refractivity contribution in [1.82, 2.24) is 14.9 Å². The number of carbonyl (C=O) groups excluding carboxylic acids is 2. The highest BCUT2D eigenvalue weighted by atomic mass is 35.5. The molecule has 5 rings (SSSR count). The highest BCUT2D eigenvalue weighted by Gasteiger charge is 2.44. The molecular weight excluding hydrogens is 438 g/mol. The third-order valence-electron chi connectivity index (χ3n) is 6.42. The minimum atomic E-state index is -0.557. The van der Waals surface area contributed by atoms with Crippen molar-refractivity contribution in [3.63, 3.8) is 0 Å². The van der Waals surface area contributed by atoms with E-state index in [1.165, 1.54) is 0 Å². The number of hydrogen-bond acceptors (Lipinski definition) is 5. The van der Waals surface area contributed by atoms with Crippen LogP contribution >= 0.6 is 11.6 Å². The number of aromatic nitrogens is 2. The van der Waals surface area contributed by atoms with Crippen LogP contribution in [-0.4, -0.2) is 45.8 Å². The van der Waals surface area contributed by atoms with E-state index in [2.05, 4.69) is 15.3 Å². The van der Waals surface area contributed by atoms with Crippen LogP contribution in [0.2, 0.25) is 5.02 Å². The molecule has 2 aliphatic rings. The van der Waals surface area contributed by atoms with Crippen LogP contribution < -0.4 is 10.2 Å². The molecule has 2 amide bonds. The van der Waals surface area contributed by atoms with Gasteiger partial charge in [0, 0.05) is 36.1 Å². The molecule has 0 radical (unpaired) electrons. The zero-order valence-corrected chi connectivity index (χ0v) is 19.4. The molecule has 1 saturated heterocycles. The van der Waals surface area contributed by atoms with Crippen molar-refractivity contribution in [2.24, 2.45) is 0 Å². The van der Waals surface area contributed by atoms with E-state index >= 15 is 0 Å². The van der Waals surface area contributed by atoms with Gasteiger partial charge in [-0.1, -0.05) is 11.6 Å². The van der Waals surface area contributed by atoms with Gasteiger partial charge in [-0.15, -0.1) is 0 Å². The number of anilines is 2. The fourth-order valence-corrected chi connectivity index (χ4v) is 4.77. The third kappa shape index (κ3) is 3.62. The van der Waals surface area contributed by atoms with Gasteiger partial charge in [0.2, 0.25) is 0 Å². The SMILES string of the molecule is Cc1ccncc1C(=O)N1CC(Nc2cncc(N3C(=O)c4ccc(Cl)cc4C3(C)C)c2)C1. The Kier molecular flexibility index (Phi) is 5.09. The van der Waals surface area contributed by atoms with Crippen LogP contribution in [0.25, 0.3) is 0 Å². The first kappa shape index (κ1) is 21.4. The summed E-state index contributed by atoms with van der Waals surface area (Å²) in [6, 6.07) is 9.25. The Morgan fingerprint density at radius 2 is 1.91 bits per heavy atom. The number of rotatable bonds is 4. The molecule has 0 saturated carbocycles. The zero-order valence-electron chi connectivity index (χ0n) is 18.7. The molecule has 7 nitrogen and oxygen atoms in total. The average Bonchev–Trinajstić information content (AvgIpc) is 2.95. The number of nitrogens with one attached hydrogen (secondary N) is 1. The lowest BCUT2D eigenvalue weighted by Crippen LogP contribution is -2.57. The maximum atomic E-state index is 13.2. The topological polar surface area (TPSA) is 78.4 Å². The highest BCUT2D eigenvalue weighted by Crippen LogP contribution is 2.43. The van der Waals surface area contributed by atoms with Gasteiger partial charge >= 0.3 is 0 Å². The molecule has 0 aliphatic carbocycles. The molecule has 0 unspecified atom stereocenters. The van der Waals surface area contributed by atoms with Gasteiger partial charge in [0.1, 0.15) is 0 Å². The van der Waals surface area contributed by atoms with Crippen molar-refractivity contribution in [1.29, 1.82) is 0 Å². The van der Waals surface area contributed by atoms with Gasteiger partial charge in [-0.05, 0) is 62.2 Å². The highest BCUT2D eigenvalue weighted by molar-refractivity contribution is 6.31. The number of likely N-dealkylation sites (tertiary alicyclic amines) is 1. The summed E-state index contributed by atoms with van der Waals surface area (Å²) in [6.45, 7) is 7.10. The Bertz CT molecular complexity index is 1270. The summed E-state index contributed by atoms with van der Waals surface area (Å²) < 4.78 is 0. The van der Waals surface area contributed by atoms with Gasteiger partial charge in [-0.3, -0.25) is 24.5 Å². The van der Waals surface area contributed by atoms with Gasteiger partial charge in [-0.25, -0.2) is 0 Å². The smallest absolute Gasteiger partial charge is 0.259 e. The molecule has 1 aromatic carbocycles. The van der Waals surface area contributed by atoms with Crippen molar-refractivity contribution in [2.75, 3.05) is 23.3 Å². The molecule has 0 atom stereocenters. The number of fused-ring (bicyclic) bond motifs is 1. The molecule has 168 valence electrons. The van der Waals surface area contributed by atoms with Crippen molar-refractivity contribution in [3.05, 3.63) is 82.4 Å². The van der Waals surface area contributed by atoms with Crippen LogP contribution in [0.15, 0.2) is 55.1 Å². The van der Waals surface area contributed by atoms with E-state index in [4.69, 9.17) is 11.6 Å². The first-order chi connectivity index (χ1) is 15.8. The second-order valence-electron chi connectivity index (χ2n) is 9.06. The number of hydrogen-bond donors (Lipinski definition) is 1. The average molecular weight is 462 g/mol. The molecule has 2 aromatic heterocycles. The van der Waals surface area contributed by atoms with Gasteiger partial charge in [-0.2, -0.15) is 0 Å². The summed E-state index contributed by atoms with van der Waals surface area (Å²) in [5, 5.41) is 4.04. The molecule has 3 aromatic rings. The van der Waals surface area contributed by atoms with Gasteiger partial charge in [0.25, 0.3) is 11.8 Å². The predicted octanol–water partition coefficient (Wildman–Crippen LogP) is 4.27. The fourth-order valence-electron chi connectivity index (χ4n) is 4.60. The molecule has 0 spiro atoms. The first-order valence-electron chi connectivity index (χ1n) is 10.8. The van der Waals surface area contributed by atoms with Crippen LogP contribution in [0.4, 0.5) is 11.4 Å². The molecular formula is C25H24ClN5O2. The zero-order chi connectivity index (χ0) is 23.3. The van der Waals surface area contributed by atoms with Crippen LogP contribution in [0.3, 0.4) is 0 Å². The van der Waals surface area contributed by atoms with E-state index in [-0.39, 0.29) is 17.9 Å². The minimum Gasteiger partial charge on any atom is -0.377 e. The monoisotopic (exact) mass is 461 g/mol. The van der Waals surface area contributed by atoms with Gasteiger partial charge in [0.15, 0.2) is 0 Å². The van der Waals surface area contributed by atoms with Crippen LogP contribution in [0.1, 0.15) is 45.7 Å². The number of pyridine rings is 2. The lowest BCUT2D eigenvalue weighted by Gasteiger charge is -2.40. The molecule has 2 aliphatic heterocycles. The second-order valence-corrected chi connectivity index (χ2v) is 9.50. The summed E-state index contributed by atoms with van der Waals surface area (Å²) in [5.74, 6) is -0.0794. The van der Waals surface area contributed by atoms with Crippen molar-refractivity contribution in [2.45, 2.75) is 32.4 Å². The van der Waals surface area contributed by atoms with E-state index in [1.54, 1.807) is 46.7 Å². The molecule has 1 N–H and O–H groups in total. The quantitative estimate of drug-likeness (QED) is 0.627. The van der Waals surface area contributed by atoms with Crippen molar-refractivity contribution >= 4 is 34.8 Å². The van der Waals surface area contributed by atoms with E-state index in [9.17, 15) is 9.59 Å². The van der Waals surface area contributed by atoms with Crippen molar-refractivity contribution < 1.29 is 9.59 Å². The van der Waals surface area contributed by atoms with Gasteiger partial charge < -0.3 is 10.2 Å². The predicted molar refractivity (Wildman–Crippen MR) is 128 cm³/mol. The maximum Gasteiger partial charge on any atom is 0.259 e. The largest absolute Gasteiger partial charge is 0.377 e. The second kappa shape index (κ2) is 7.85. The van der Waals surface area contributed by atoms with Crippen LogP contribution in [0.5, 0.6) is 0 Å². The van der Waals surface area contributed by atoms with E-state index in [0.29, 0.717) is 34.9 Å². The number of halogens is 1. The number of amides is 2. The lowest BCUT2D eigenvalue weighted by molar-refractivity contribution is 0.0624. The number of aryl methyl sites for hydroxylation is 1. The standard InChI is InChI=1S/C25H24ClN5O2/c1-15-6-7-27-12-21(15)23(32)30-13-18(14-30)29-17-9-19(11-28-10-17)31-24(33)20-5-4-16(26)8-22(20)25(31,2)3/h4-12,18,29H,13-14H2,1-3H3. The third-order valence-corrected chi connectivity index (χ3v) is 6.66. The number of carbonyl (C=O) groups is 2. The Balaban J connectivity index is 1.30. The van der Waals surface area contributed by atoms with E-state index < -0.39 is 5.54 Å². The minimum absolute atomic E-state index is 0.00800. The first-order valence-corrected chi connectivity index (χ1v) is 11.2. The summed E-state index contributed by atoms with van der Waals surface area (Å²) in [4.78, 5) is 37.9. The van der Waals surface area contributed by atoms with Crippen LogP contribution in [-0.2, 0) is 5.54 Å². The summed E-state index contributed by atoms with van der Waals surface area (Å²) in [5.41, 5.74) is 4.07. The maximum absolute atomic E-state index is 13.2. The van der Waals surface area contributed by atoms with E-state index in [0.717, 1.165) is 16.8 Å². The van der Waals surface area contributed by atoms with Crippen molar-refractivity contribution in [3.8, 4) is 0 Å². The summed E-state index contributed by atoms with van der Waals surface area (Å²) in [6.07, 6.45) is 6.73. The van der Waals surface area contributed by atoms with Gasteiger partial charge in [0.05, 0.1) is 40.9 Å². The summed E-state index contributed by atoms with van der Waals surface area (Å²) >= 11 is 6.20. The van der Waals surface area contributed by atoms with E-state index in [1.807, 2.05) is 39.0 Å². The molecule has 0 bridgehead atoms. The summed E-state index contributed by atoms with van der Waals surface area (Å²) in [7, 11) is 0. The normalized spacial score (nSPS) is 17.0. The molecule has 1 fully saturated rings. The Morgan fingerprint density at radius 3 is 2.67 bits per heavy atom. The Labute approximate surface area is 197 Å². The molecule has 4 heterocycles. The Hall–Kier alpha value is -3.45. The number of benzene rings is 1.